The molecular formula is C3H8NV. The van der Waals surface area contributed by atoms with Crippen LogP contribution in [-0.4, -0.2) is 6.04 Å². The van der Waals surface area contributed by atoms with Crippen LogP contribution in [0.5, 0.6) is 0 Å². The van der Waals surface area contributed by atoms with Crippen LogP contribution in [0.3, 0.4) is 0 Å². The van der Waals surface area contributed by atoms with Crippen LogP contribution in [0.2, 0.25) is 0 Å². The summed E-state index contributed by atoms with van der Waals surface area (Å²) < 4.78 is 2.97. The van der Waals surface area contributed by atoms with Crippen molar-refractivity contribution >= 4 is 0 Å². The average Bonchev–Trinajstić information content (AvgIpc) is 1.38. The van der Waals surface area contributed by atoms with Crippen LogP contribution in [0.15, 0.2) is 0 Å². The van der Waals surface area contributed by atoms with Gasteiger partial charge in [-0.15, -0.1) is 0 Å². The van der Waals surface area contributed by atoms with E-state index in [1.54, 1.807) is 0 Å². The minimum absolute atomic E-state index is 0.606. The molecule has 0 aliphatic carbocycles. The third-order valence-electron chi connectivity index (χ3n) is 0.258. The van der Waals surface area contributed by atoms with Gasteiger partial charge in [-0.1, -0.05) is 0 Å². The van der Waals surface area contributed by atoms with Gasteiger partial charge in [0.05, 0.1) is 0 Å². The molecule has 0 aromatic heterocycles. The Balaban J connectivity index is 2.54. The first-order valence-corrected chi connectivity index (χ1v) is 2.37. The summed E-state index contributed by atoms with van der Waals surface area (Å²) in [4.78, 5) is 0. The first kappa shape index (κ1) is 5.54. The third kappa shape index (κ3) is 4.54. The summed E-state index contributed by atoms with van der Waals surface area (Å²) in [6.07, 6.45) is 0. The van der Waals surface area contributed by atoms with Crippen molar-refractivity contribution in [3.8, 4) is 0 Å². The van der Waals surface area contributed by atoms with Gasteiger partial charge in [0.1, 0.15) is 0 Å². The SMILES string of the molecule is CC(C)[NH][V]. The van der Waals surface area contributed by atoms with Crippen molar-refractivity contribution in [2.75, 3.05) is 0 Å². The number of nitrogens with one attached hydrogen (secondary N) is 1. The van der Waals surface area contributed by atoms with Gasteiger partial charge in [0.15, 0.2) is 0 Å². The molecule has 1 N–H and O–H groups in total. The zero-order valence-corrected chi connectivity index (χ0v) is 4.92. The zero-order valence-electron chi connectivity index (χ0n) is 3.52. The quantitative estimate of drug-likeness (QED) is 0.515. The molecule has 0 heterocycles. The van der Waals surface area contributed by atoms with Crippen molar-refractivity contribution < 1.29 is 17.7 Å². The predicted molar refractivity (Wildman–Crippen MR) is 18.3 cm³/mol. The Morgan fingerprint density at radius 1 is 1.60 bits per heavy atom. The van der Waals surface area contributed by atoms with Crippen molar-refractivity contribution in [1.29, 1.82) is 0 Å². The topological polar surface area (TPSA) is 12.0 Å². The van der Waals surface area contributed by atoms with Crippen LogP contribution in [-0.2, 0) is 17.7 Å². The molecule has 0 spiro atoms. The standard InChI is InChI=1S/C3H8N.V/c1-3(2)4;/h3-4H,1-2H3;/q-1;+1. The van der Waals surface area contributed by atoms with Gasteiger partial charge in [-0.2, -0.15) is 0 Å². The van der Waals surface area contributed by atoms with Crippen LogP contribution < -0.4 is 4.17 Å². The Labute approximate surface area is 42.3 Å². The van der Waals surface area contributed by atoms with E-state index in [0.29, 0.717) is 6.04 Å². The summed E-state index contributed by atoms with van der Waals surface area (Å²) in [7, 11) is 0. The molecule has 0 amide bonds. The fraction of sp³-hybridized carbons (Fsp3) is 1.00. The van der Waals surface area contributed by atoms with E-state index in [-0.39, 0.29) is 0 Å². The molecule has 0 aliphatic rings. The van der Waals surface area contributed by atoms with Gasteiger partial charge in [0.25, 0.3) is 0 Å². The van der Waals surface area contributed by atoms with Crippen molar-refractivity contribution in [3.05, 3.63) is 0 Å². The second kappa shape index (κ2) is 2.76. The van der Waals surface area contributed by atoms with E-state index in [0.717, 1.165) is 0 Å². The predicted octanol–water partition coefficient (Wildman–Crippen LogP) is 0.446. The van der Waals surface area contributed by atoms with Gasteiger partial charge >= 0.3 is 41.7 Å². The minimum atomic E-state index is 0.606. The summed E-state index contributed by atoms with van der Waals surface area (Å²) in [5.41, 5.74) is 0. The molecule has 2 heteroatoms. The van der Waals surface area contributed by atoms with Crippen molar-refractivity contribution in [3.63, 3.8) is 0 Å². The molecule has 0 bridgehead atoms. The summed E-state index contributed by atoms with van der Waals surface area (Å²) in [5.74, 6) is 0. The van der Waals surface area contributed by atoms with E-state index >= 15 is 0 Å². The summed E-state index contributed by atoms with van der Waals surface area (Å²) in [5, 5.41) is 0. The molecule has 30 valence electrons. The van der Waals surface area contributed by atoms with Gasteiger partial charge in [-0.25, -0.2) is 0 Å². The average molecular weight is 109 g/mol. The van der Waals surface area contributed by atoms with E-state index in [9.17, 15) is 0 Å². The number of hydrogen-bond acceptors (Lipinski definition) is 1. The van der Waals surface area contributed by atoms with Crippen LogP contribution in [0, 0.1) is 0 Å². The van der Waals surface area contributed by atoms with Gasteiger partial charge < -0.3 is 0 Å². The molecule has 0 saturated heterocycles. The molecule has 1 nitrogen and oxygen atoms in total. The van der Waals surface area contributed by atoms with E-state index in [2.05, 4.69) is 35.7 Å². The molecule has 0 atom stereocenters. The van der Waals surface area contributed by atoms with Gasteiger partial charge in [0, 0.05) is 0 Å². The number of rotatable bonds is 1. The van der Waals surface area contributed by atoms with Crippen LogP contribution >= 0.6 is 0 Å². The van der Waals surface area contributed by atoms with Gasteiger partial charge in [0.2, 0.25) is 0 Å². The molecule has 0 radical (unpaired) electrons. The Bertz CT molecular complexity index is 20.9. The Kier molecular flexibility index (Phi) is 3.07. The molecule has 5 heavy (non-hydrogen) atoms. The molecule has 0 fully saturated rings. The first-order chi connectivity index (χ1) is 2.27. The van der Waals surface area contributed by atoms with E-state index in [1.807, 2.05) is 0 Å². The Hall–Kier alpha value is 0.544. The Morgan fingerprint density at radius 3 is 1.80 bits per heavy atom. The summed E-state index contributed by atoms with van der Waals surface area (Å²) >= 11 is 2.32. The molecule has 0 aromatic carbocycles. The van der Waals surface area contributed by atoms with Crippen molar-refractivity contribution in [1.82, 2.24) is 4.17 Å². The second-order valence-corrected chi connectivity index (χ2v) is 1.69. The van der Waals surface area contributed by atoms with Crippen LogP contribution in [0.4, 0.5) is 0 Å². The maximum absolute atomic E-state index is 2.97. The molecule has 0 unspecified atom stereocenters. The number of hydrogen-bond donors (Lipinski definition) is 1. The molecular weight excluding hydrogens is 101 g/mol. The molecule has 0 saturated carbocycles. The molecule has 0 aromatic rings. The second-order valence-electron chi connectivity index (χ2n) is 1.28. The summed E-state index contributed by atoms with van der Waals surface area (Å²) in [6.45, 7) is 4.19. The van der Waals surface area contributed by atoms with Crippen molar-refractivity contribution in [2.45, 2.75) is 19.9 Å². The van der Waals surface area contributed by atoms with Crippen LogP contribution in [0.25, 0.3) is 0 Å². The molecule has 0 aliphatic heterocycles. The summed E-state index contributed by atoms with van der Waals surface area (Å²) in [6, 6.07) is 0.606. The van der Waals surface area contributed by atoms with Crippen molar-refractivity contribution in [2.24, 2.45) is 0 Å². The molecule has 0 rings (SSSR count). The first-order valence-electron chi connectivity index (χ1n) is 1.67. The third-order valence-corrected chi connectivity index (χ3v) is 1.06. The van der Waals surface area contributed by atoms with E-state index in [4.69, 9.17) is 0 Å². The van der Waals surface area contributed by atoms with E-state index < -0.39 is 0 Å². The van der Waals surface area contributed by atoms with Gasteiger partial charge in [-0.05, 0) is 0 Å². The fourth-order valence-corrected chi connectivity index (χ4v) is 0. The normalized spacial score (nSPS) is 9.40. The zero-order chi connectivity index (χ0) is 4.28. The fourth-order valence-electron chi connectivity index (χ4n) is 0. The van der Waals surface area contributed by atoms with Gasteiger partial charge in [-0.3, -0.25) is 0 Å². The monoisotopic (exact) mass is 109 g/mol. The maximum atomic E-state index is 2.97. The van der Waals surface area contributed by atoms with E-state index in [1.165, 1.54) is 0 Å². The van der Waals surface area contributed by atoms with Crippen LogP contribution in [0.1, 0.15) is 13.8 Å². The Morgan fingerprint density at radius 2 is 1.80 bits per heavy atom.